The van der Waals surface area contributed by atoms with Gasteiger partial charge in [-0.05, 0) is 24.0 Å². The lowest BCUT2D eigenvalue weighted by Gasteiger charge is -2.32. The summed E-state index contributed by atoms with van der Waals surface area (Å²) in [5, 5.41) is 0. The minimum Gasteiger partial charge on any atom is -0.490 e. The molecule has 1 aliphatic heterocycles. The number of ether oxygens (including phenoxy) is 1. The highest BCUT2D eigenvalue weighted by molar-refractivity contribution is 5.38. The second-order valence-corrected chi connectivity index (χ2v) is 5.81. The molecule has 3 unspecified atom stereocenters. The van der Waals surface area contributed by atoms with E-state index in [2.05, 4.69) is 19.1 Å². The van der Waals surface area contributed by atoms with E-state index in [4.69, 9.17) is 10.5 Å². The fraction of sp³-hybridized carbons (Fsp3) is 0.333. The van der Waals surface area contributed by atoms with E-state index in [0.717, 1.165) is 18.4 Å². The first-order valence-corrected chi connectivity index (χ1v) is 7.40. The van der Waals surface area contributed by atoms with Gasteiger partial charge in [0.25, 0.3) is 0 Å². The van der Waals surface area contributed by atoms with Crippen LogP contribution in [0.3, 0.4) is 0 Å². The van der Waals surface area contributed by atoms with Crippen molar-refractivity contribution in [3.63, 3.8) is 0 Å². The third kappa shape index (κ3) is 3.08. The van der Waals surface area contributed by atoms with E-state index in [-0.39, 0.29) is 18.0 Å². The molecule has 0 saturated carbocycles. The topological polar surface area (TPSA) is 35.2 Å². The molecule has 0 saturated heterocycles. The Balaban J connectivity index is 1.74. The molecule has 2 N–H and O–H groups in total. The maximum atomic E-state index is 13.4. The van der Waals surface area contributed by atoms with Crippen molar-refractivity contribution in [3.8, 4) is 5.75 Å². The smallest absolute Gasteiger partial charge is 0.127 e. The van der Waals surface area contributed by atoms with Gasteiger partial charge in [-0.15, -0.1) is 0 Å². The van der Waals surface area contributed by atoms with E-state index < -0.39 is 0 Å². The van der Waals surface area contributed by atoms with Crippen molar-refractivity contribution in [2.24, 2.45) is 5.73 Å². The molecule has 21 heavy (non-hydrogen) atoms. The molecule has 0 aromatic heterocycles. The standard InChI is InChI=1S/C18H20FNO/c1-12(13-5-3-2-4-6-13)9-15-11-17(20)16-8-7-14(19)10-18(16)21-15/h2-8,10,12,15,17H,9,11,20H2,1H3. The van der Waals surface area contributed by atoms with Crippen molar-refractivity contribution in [2.75, 3.05) is 0 Å². The Bertz CT molecular complexity index is 614. The van der Waals surface area contributed by atoms with Gasteiger partial charge in [-0.2, -0.15) is 0 Å². The molecule has 0 spiro atoms. The van der Waals surface area contributed by atoms with Crippen LogP contribution in [0.1, 0.15) is 42.9 Å². The Labute approximate surface area is 124 Å². The minimum absolute atomic E-state index is 0.0320. The third-order valence-corrected chi connectivity index (χ3v) is 4.17. The number of hydrogen-bond acceptors (Lipinski definition) is 2. The summed E-state index contributed by atoms with van der Waals surface area (Å²) in [6.07, 6.45) is 1.69. The van der Waals surface area contributed by atoms with Gasteiger partial charge in [-0.25, -0.2) is 4.39 Å². The molecule has 0 amide bonds. The fourth-order valence-electron chi connectivity index (χ4n) is 3.01. The highest BCUT2D eigenvalue weighted by Crippen LogP contribution is 2.36. The maximum Gasteiger partial charge on any atom is 0.127 e. The SMILES string of the molecule is CC(CC1CC(N)c2ccc(F)cc2O1)c1ccccc1. The average molecular weight is 285 g/mol. The first-order chi connectivity index (χ1) is 10.1. The van der Waals surface area contributed by atoms with Gasteiger partial charge in [0.15, 0.2) is 0 Å². The molecule has 2 aromatic rings. The van der Waals surface area contributed by atoms with Crippen molar-refractivity contribution in [1.82, 2.24) is 0 Å². The number of benzene rings is 2. The molecule has 0 aliphatic carbocycles. The number of fused-ring (bicyclic) bond motifs is 1. The second-order valence-electron chi connectivity index (χ2n) is 5.81. The summed E-state index contributed by atoms with van der Waals surface area (Å²) in [5.41, 5.74) is 8.39. The molecule has 110 valence electrons. The molecule has 1 heterocycles. The summed E-state index contributed by atoms with van der Waals surface area (Å²) in [5.74, 6) is 0.704. The summed E-state index contributed by atoms with van der Waals surface area (Å²) in [6, 6.07) is 14.9. The maximum absolute atomic E-state index is 13.4. The minimum atomic E-state index is -0.280. The predicted molar refractivity (Wildman–Crippen MR) is 81.8 cm³/mol. The average Bonchev–Trinajstić information content (AvgIpc) is 2.47. The van der Waals surface area contributed by atoms with E-state index >= 15 is 0 Å². The van der Waals surface area contributed by atoms with Crippen LogP contribution in [-0.2, 0) is 0 Å². The molecule has 3 rings (SSSR count). The first-order valence-electron chi connectivity index (χ1n) is 7.40. The van der Waals surface area contributed by atoms with Crippen molar-refractivity contribution in [2.45, 2.75) is 37.8 Å². The van der Waals surface area contributed by atoms with Crippen LogP contribution in [0.4, 0.5) is 4.39 Å². The number of hydrogen-bond donors (Lipinski definition) is 1. The summed E-state index contributed by atoms with van der Waals surface area (Å²) in [6.45, 7) is 2.19. The summed E-state index contributed by atoms with van der Waals surface area (Å²) >= 11 is 0. The van der Waals surface area contributed by atoms with Crippen LogP contribution in [0.2, 0.25) is 0 Å². The van der Waals surface area contributed by atoms with Gasteiger partial charge in [0.2, 0.25) is 0 Å². The summed E-state index contributed by atoms with van der Waals surface area (Å²) in [4.78, 5) is 0. The van der Waals surface area contributed by atoms with Gasteiger partial charge in [0.05, 0.1) is 0 Å². The summed E-state index contributed by atoms with van der Waals surface area (Å²) in [7, 11) is 0. The zero-order valence-corrected chi connectivity index (χ0v) is 12.1. The lowest BCUT2D eigenvalue weighted by Crippen LogP contribution is -2.30. The molecule has 0 bridgehead atoms. The van der Waals surface area contributed by atoms with Crippen LogP contribution < -0.4 is 10.5 Å². The molecule has 0 fully saturated rings. The van der Waals surface area contributed by atoms with E-state index in [1.165, 1.54) is 17.7 Å². The van der Waals surface area contributed by atoms with Crippen molar-refractivity contribution < 1.29 is 9.13 Å². The van der Waals surface area contributed by atoms with Crippen LogP contribution >= 0.6 is 0 Å². The van der Waals surface area contributed by atoms with Crippen molar-refractivity contribution in [3.05, 3.63) is 65.5 Å². The Morgan fingerprint density at radius 3 is 2.76 bits per heavy atom. The molecule has 0 radical (unpaired) electrons. The van der Waals surface area contributed by atoms with Crippen LogP contribution in [-0.4, -0.2) is 6.10 Å². The van der Waals surface area contributed by atoms with Crippen LogP contribution in [0, 0.1) is 5.82 Å². The Morgan fingerprint density at radius 1 is 1.24 bits per heavy atom. The normalized spacial score (nSPS) is 22.2. The van der Waals surface area contributed by atoms with E-state index in [1.807, 2.05) is 18.2 Å². The van der Waals surface area contributed by atoms with Gasteiger partial charge in [-0.1, -0.05) is 43.3 Å². The highest BCUT2D eigenvalue weighted by Gasteiger charge is 2.27. The van der Waals surface area contributed by atoms with Gasteiger partial charge < -0.3 is 10.5 Å². The monoisotopic (exact) mass is 285 g/mol. The van der Waals surface area contributed by atoms with Gasteiger partial charge in [0.1, 0.15) is 17.7 Å². The zero-order chi connectivity index (χ0) is 14.8. The van der Waals surface area contributed by atoms with E-state index in [9.17, 15) is 4.39 Å². The van der Waals surface area contributed by atoms with Crippen molar-refractivity contribution in [1.29, 1.82) is 0 Å². The Kier molecular flexibility index (Phi) is 3.93. The highest BCUT2D eigenvalue weighted by atomic mass is 19.1. The Hall–Kier alpha value is -1.87. The predicted octanol–water partition coefficient (Wildman–Crippen LogP) is 4.17. The van der Waals surface area contributed by atoms with Gasteiger partial charge >= 0.3 is 0 Å². The number of rotatable bonds is 3. The van der Waals surface area contributed by atoms with Gasteiger partial charge in [0, 0.05) is 24.1 Å². The Morgan fingerprint density at radius 2 is 2.00 bits per heavy atom. The molecule has 1 aliphatic rings. The van der Waals surface area contributed by atoms with E-state index in [1.54, 1.807) is 6.07 Å². The molecular formula is C18H20FNO. The van der Waals surface area contributed by atoms with Crippen LogP contribution in [0.5, 0.6) is 5.75 Å². The quantitative estimate of drug-likeness (QED) is 0.918. The van der Waals surface area contributed by atoms with Crippen LogP contribution in [0.25, 0.3) is 0 Å². The number of halogens is 1. The zero-order valence-electron chi connectivity index (χ0n) is 12.1. The molecule has 3 atom stereocenters. The lowest BCUT2D eigenvalue weighted by atomic mass is 9.89. The molecule has 3 heteroatoms. The lowest BCUT2D eigenvalue weighted by molar-refractivity contribution is 0.143. The second kappa shape index (κ2) is 5.86. The third-order valence-electron chi connectivity index (χ3n) is 4.17. The van der Waals surface area contributed by atoms with Crippen molar-refractivity contribution >= 4 is 0 Å². The van der Waals surface area contributed by atoms with Gasteiger partial charge in [-0.3, -0.25) is 0 Å². The van der Waals surface area contributed by atoms with Crippen LogP contribution in [0.15, 0.2) is 48.5 Å². The fourth-order valence-corrected chi connectivity index (χ4v) is 3.01. The van der Waals surface area contributed by atoms with E-state index in [0.29, 0.717) is 11.7 Å². The largest absolute Gasteiger partial charge is 0.490 e. The number of nitrogens with two attached hydrogens (primary N) is 1. The molecular weight excluding hydrogens is 265 g/mol. The molecule has 2 aromatic carbocycles. The first kappa shape index (κ1) is 14.1. The summed E-state index contributed by atoms with van der Waals surface area (Å²) < 4.78 is 19.3. The molecule has 2 nitrogen and oxygen atoms in total.